The van der Waals surface area contributed by atoms with Gasteiger partial charge >= 0.3 is 35.8 Å². The highest BCUT2D eigenvalue weighted by Crippen LogP contribution is 2.63. The Morgan fingerprint density at radius 1 is 0.524 bits per heavy atom. The fourth-order valence-electron chi connectivity index (χ4n) is 18.2. The lowest BCUT2D eigenvalue weighted by Crippen LogP contribution is -2.67. The Bertz CT molecular complexity index is 2670. The Balaban J connectivity index is -0.000000592. The Morgan fingerprint density at radius 3 is 1.39 bits per heavy atom. The van der Waals surface area contributed by atoms with Crippen molar-refractivity contribution in [2.45, 2.75) is 406 Å². The number of ether oxygens (including phenoxy) is 6. The van der Waals surface area contributed by atoms with Crippen molar-refractivity contribution in [3.8, 4) is 5.75 Å². The van der Waals surface area contributed by atoms with Crippen molar-refractivity contribution in [2.24, 2.45) is 80.8 Å². The van der Waals surface area contributed by atoms with Crippen LogP contribution >= 0.6 is 0 Å². The van der Waals surface area contributed by atoms with Crippen molar-refractivity contribution >= 4 is 35.8 Å². The van der Waals surface area contributed by atoms with E-state index in [1.807, 2.05) is 88.3 Å². The van der Waals surface area contributed by atoms with Gasteiger partial charge in [0.1, 0.15) is 34.8 Å². The summed E-state index contributed by atoms with van der Waals surface area (Å²) in [6, 6.07) is 7.43. The molecule has 14 rings (SSSR count). The van der Waals surface area contributed by atoms with Crippen LogP contribution in [0.4, 0.5) is 0 Å². The summed E-state index contributed by atoms with van der Waals surface area (Å²) in [6.45, 7) is 36.4. The second kappa shape index (κ2) is 41.4. The van der Waals surface area contributed by atoms with Gasteiger partial charge in [-0.2, -0.15) is 0 Å². The van der Waals surface area contributed by atoms with Crippen molar-refractivity contribution in [1.29, 1.82) is 0 Å². The summed E-state index contributed by atoms with van der Waals surface area (Å²) in [7, 11) is 0. The number of hydrogen-bond donors (Lipinski definition) is 3. The average molecular weight is 1460 g/mol. The fraction of sp³-hybridized carbons (Fsp3) is 0.864. The van der Waals surface area contributed by atoms with Gasteiger partial charge in [0.2, 0.25) is 0 Å². The van der Waals surface area contributed by atoms with Gasteiger partial charge in [0.05, 0.1) is 38.8 Å². The van der Waals surface area contributed by atoms with E-state index in [-0.39, 0.29) is 157 Å². The summed E-state index contributed by atoms with van der Waals surface area (Å²) >= 11 is 0. The maximum atomic E-state index is 12.8. The van der Waals surface area contributed by atoms with Gasteiger partial charge in [-0.15, -0.1) is 0 Å². The maximum Gasteiger partial charge on any atom is 0.344 e. The highest BCUT2D eigenvalue weighted by molar-refractivity contribution is 5.80. The lowest BCUT2D eigenvalue weighted by atomic mass is 9.47. The molecule has 608 valence electrons. The fourth-order valence-corrected chi connectivity index (χ4v) is 18.2. The first-order valence-electron chi connectivity index (χ1n) is 36.8. The second-order valence-electron chi connectivity index (χ2n) is 34.2. The molecular formula is C88H166O15. The minimum absolute atomic E-state index is 0. The van der Waals surface area contributed by atoms with Gasteiger partial charge in [-0.05, 0) is 261 Å². The maximum absolute atomic E-state index is 12.8. The molecule has 2 saturated heterocycles. The van der Waals surface area contributed by atoms with Gasteiger partial charge < -0.3 is 43.7 Å². The summed E-state index contributed by atoms with van der Waals surface area (Å²) in [5.41, 5.74) is -3.15. The molecule has 1 aromatic carbocycles. The van der Waals surface area contributed by atoms with Crippen LogP contribution in [0.25, 0.3) is 0 Å². The number of aromatic hydroxyl groups is 1. The van der Waals surface area contributed by atoms with E-state index in [4.69, 9.17) is 33.5 Å². The number of rotatable bonds is 19. The normalized spacial score (nSPS) is 30.2. The molecule has 0 amide bonds. The third-order valence-corrected chi connectivity index (χ3v) is 25.5. The standard InChI is InChI=1S/C19H28O6.C19H32O2.C16H26O4.C14H26O2.C10H14O.10CH4/c1-4-19(3,5-2)18(22)23-10-15(20)25-16-12-6-11-7-13(9-12)17(21)24-14(16)8-11;1-6-18(4,5)17(20)21-19(12(2)3)15-8-13-7-14(10-15)11-16(19)9-13;1-4-13(2,3)12(17)20-16-7-11-5-14(18,9-16)8-15(19,6-11)10-16;1-6-13(4,5)12(15)16-14(11(2)3)9-7-8-10-14;1-3-8(2)9-4-6-10(11)7-5-9;;;;;;;;;;/h11-14,16H,4-10H2,1-3H3;12-16H,6-11H2,1-5H3;11,18-19H,4-10H2,1-3H3;11H,6-10H2,1-5H3;4-8,11H,3H2,1-2H3;10*1H4. The summed E-state index contributed by atoms with van der Waals surface area (Å²) < 4.78 is 34.5. The van der Waals surface area contributed by atoms with E-state index < -0.39 is 39.7 Å². The smallest absolute Gasteiger partial charge is 0.344 e. The van der Waals surface area contributed by atoms with E-state index in [0.29, 0.717) is 73.4 Å². The molecule has 11 aliphatic carbocycles. The lowest BCUT2D eigenvalue weighted by molar-refractivity contribution is -0.264. The van der Waals surface area contributed by atoms with Crippen LogP contribution in [0.1, 0.15) is 371 Å². The van der Waals surface area contributed by atoms with Crippen molar-refractivity contribution in [1.82, 2.24) is 0 Å². The summed E-state index contributed by atoms with van der Waals surface area (Å²) in [5.74, 6) is 4.47. The molecule has 13 fully saturated rings. The first-order chi connectivity index (χ1) is 43.3. The van der Waals surface area contributed by atoms with E-state index in [9.17, 15) is 39.0 Å². The zero-order valence-electron chi connectivity index (χ0n) is 60.9. The number of carbonyl (C=O) groups is 6. The van der Waals surface area contributed by atoms with E-state index in [1.54, 1.807) is 12.1 Å². The number of esters is 6. The largest absolute Gasteiger partial charge is 0.508 e. The Kier molecular flexibility index (Phi) is 42.2. The third-order valence-electron chi connectivity index (χ3n) is 25.5. The molecule has 0 aromatic heterocycles. The predicted molar refractivity (Wildman–Crippen MR) is 427 cm³/mol. The number of fused-ring (bicyclic) bond motifs is 1. The Morgan fingerprint density at radius 2 is 0.971 bits per heavy atom. The summed E-state index contributed by atoms with van der Waals surface area (Å²) in [4.78, 5) is 73.7. The van der Waals surface area contributed by atoms with Crippen LogP contribution in [-0.4, -0.2) is 98.0 Å². The molecule has 8 unspecified atom stereocenters. The molecule has 0 radical (unpaired) electrons. The van der Waals surface area contributed by atoms with Gasteiger partial charge in [0.25, 0.3) is 0 Å². The molecule has 11 saturated carbocycles. The molecule has 3 N–H and O–H groups in total. The third kappa shape index (κ3) is 24.1. The number of phenolic OH excluding ortho intramolecular Hbond substituents is 1. The summed E-state index contributed by atoms with van der Waals surface area (Å²) in [5, 5.41) is 30.3. The number of benzene rings is 1. The number of hydrogen-bond acceptors (Lipinski definition) is 15. The first-order valence-corrected chi connectivity index (χ1v) is 36.8. The van der Waals surface area contributed by atoms with Gasteiger partial charge in [0, 0.05) is 25.2 Å². The average Bonchev–Trinajstić information content (AvgIpc) is 1.46. The van der Waals surface area contributed by atoms with Crippen LogP contribution in [0.15, 0.2) is 24.3 Å². The molecule has 2 heterocycles. The Hall–Kier alpha value is -4.24. The molecule has 0 spiro atoms. The van der Waals surface area contributed by atoms with Crippen LogP contribution in [0.3, 0.4) is 0 Å². The zero-order valence-corrected chi connectivity index (χ0v) is 60.9. The highest BCUT2D eigenvalue weighted by Gasteiger charge is 2.65. The molecule has 15 nitrogen and oxygen atoms in total. The van der Waals surface area contributed by atoms with Crippen LogP contribution in [0.2, 0.25) is 0 Å². The van der Waals surface area contributed by atoms with Crippen molar-refractivity contribution in [2.75, 3.05) is 6.61 Å². The van der Waals surface area contributed by atoms with Gasteiger partial charge in [-0.1, -0.05) is 163 Å². The number of phenols is 1. The van der Waals surface area contributed by atoms with E-state index in [0.717, 1.165) is 95.3 Å². The number of carbonyl (C=O) groups excluding carboxylic acids is 6. The second-order valence-corrected chi connectivity index (χ2v) is 34.2. The van der Waals surface area contributed by atoms with Crippen molar-refractivity contribution in [3.05, 3.63) is 29.8 Å². The minimum atomic E-state index is -0.842. The quantitative estimate of drug-likeness (QED) is 0.0867. The van der Waals surface area contributed by atoms with E-state index in [2.05, 4.69) is 48.5 Å². The van der Waals surface area contributed by atoms with E-state index >= 15 is 0 Å². The van der Waals surface area contributed by atoms with Gasteiger partial charge in [0.15, 0.2) is 6.61 Å². The highest BCUT2D eigenvalue weighted by atomic mass is 16.6. The molecule has 15 heteroatoms. The van der Waals surface area contributed by atoms with E-state index in [1.165, 1.54) is 50.5 Å². The molecule has 2 aliphatic heterocycles. The molecule has 1 aromatic rings. The zero-order chi connectivity index (χ0) is 69.1. The van der Waals surface area contributed by atoms with Crippen molar-refractivity contribution in [3.63, 3.8) is 0 Å². The lowest BCUT2D eigenvalue weighted by Gasteiger charge is -2.62. The minimum Gasteiger partial charge on any atom is -0.508 e. The SMILES string of the molecule is C.C.C.C.C.C.C.C.C.C.CCC(C)(C)C(=O)OC1(C(C)C)C2CC3CC(C2)CC1C3.CCC(C)(C)C(=O)OC1(C(C)C)CCCC1.CCC(C)(C)C(=O)OC12CC3CC(O)(CC(O)(C3)C1)C2.CCC(C)(CC)C(=O)OCC(=O)OC1C2CC3CC(C2)C(=O)OC1C3.CCC(C)c1ccc(O)cc1. The molecule has 12 bridgehead atoms. The Labute approximate surface area is 633 Å². The predicted octanol–water partition coefficient (Wildman–Crippen LogP) is 22.8. The monoisotopic (exact) mass is 1460 g/mol. The number of aliphatic hydroxyl groups is 2. The first kappa shape index (κ1) is 105. The van der Waals surface area contributed by atoms with Crippen molar-refractivity contribution < 1.29 is 72.5 Å². The van der Waals surface area contributed by atoms with Gasteiger partial charge in [-0.25, -0.2) is 4.79 Å². The molecule has 103 heavy (non-hydrogen) atoms. The topological polar surface area (TPSA) is 218 Å². The summed E-state index contributed by atoms with van der Waals surface area (Å²) in [6.07, 6.45) is 22.3. The van der Waals surface area contributed by atoms with Crippen LogP contribution in [0, 0.1) is 80.8 Å². The molecular weight excluding hydrogens is 1300 g/mol. The van der Waals surface area contributed by atoms with Crippen LogP contribution < -0.4 is 0 Å². The molecule has 8 atom stereocenters. The van der Waals surface area contributed by atoms with Gasteiger partial charge in [-0.3, -0.25) is 24.0 Å². The van der Waals surface area contributed by atoms with Crippen LogP contribution in [-0.2, 0) is 57.2 Å². The van der Waals surface area contributed by atoms with Crippen LogP contribution in [0.5, 0.6) is 5.75 Å². The molecule has 13 aliphatic rings.